The van der Waals surface area contributed by atoms with Crippen molar-refractivity contribution in [2.45, 2.75) is 6.42 Å². The van der Waals surface area contributed by atoms with Crippen molar-refractivity contribution in [1.29, 1.82) is 5.26 Å². The van der Waals surface area contributed by atoms with Gasteiger partial charge >= 0.3 is 5.97 Å². The molecule has 0 aliphatic carbocycles. The standard InChI is InChI=1S/C19H16F2N2O4/c1-26-15-7-8-16(17(21)11-15)19(25)27-12-18(24)23(10-2-9-22)14-5-3-13(20)4-6-14/h3-8,11H,2,10,12H2,1H3. The van der Waals surface area contributed by atoms with E-state index in [4.69, 9.17) is 14.7 Å². The summed E-state index contributed by atoms with van der Waals surface area (Å²) in [7, 11) is 1.36. The number of carbonyl (C=O) groups is 2. The molecular weight excluding hydrogens is 358 g/mol. The molecule has 2 aromatic rings. The molecule has 0 aliphatic heterocycles. The first-order chi connectivity index (χ1) is 13.0. The summed E-state index contributed by atoms with van der Waals surface area (Å²) in [5.74, 6) is -2.72. The first kappa shape index (κ1) is 19.8. The van der Waals surface area contributed by atoms with Gasteiger partial charge in [-0.15, -0.1) is 0 Å². The van der Waals surface area contributed by atoms with Gasteiger partial charge < -0.3 is 14.4 Å². The molecule has 27 heavy (non-hydrogen) atoms. The zero-order valence-corrected chi connectivity index (χ0v) is 14.4. The van der Waals surface area contributed by atoms with Crippen molar-refractivity contribution in [2.75, 3.05) is 25.2 Å². The van der Waals surface area contributed by atoms with Crippen molar-refractivity contribution in [3.63, 3.8) is 0 Å². The van der Waals surface area contributed by atoms with Crippen molar-refractivity contribution in [3.05, 3.63) is 59.7 Å². The van der Waals surface area contributed by atoms with E-state index in [0.29, 0.717) is 5.69 Å². The maximum atomic E-state index is 13.9. The van der Waals surface area contributed by atoms with Crippen LogP contribution in [-0.2, 0) is 9.53 Å². The molecule has 0 bridgehead atoms. The Morgan fingerprint density at radius 1 is 1.15 bits per heavy atom. The largest absolute Gasteiger partial charge is 0.497 e. The van der Waals surface area contributed by atoms with Gasteiger partial charge in [0.15, 0.2) is 6.61 Å². The van der Waals surface area contributed by atoms with Gasteiger partial charge in [-0.05, 0) is 36.4 Å². The van der Waals surface area contributed by atoms with Crippen molar-refractivity contribution in [2.24, 2.45) is 0 Å². The quantitative estimate of drug-likeness (QED) is 0.696. The van der Waals surface area contributed by atoms with Crippen molar-refractivity contribution in [1.82, 2.24) is 0 Å². The molecule has 0 unspecified atom stereocenters. The van der Waals surface area contributed by atoms with Crippen LogP contribution in [0.25, 0.3) is 0 Å². The lowest BCUT2D eigenvalue weighted by atomic mass is 10.2. The molecule has 2 aromatic carbocycles. The molecular formula is C19H16F2N2O4. The van der Waals surface area contributed by atoms with Gasteiger partial charge in [0.1, 0.15) is 17.4 Å². The lowest BCUT2D eigenvalue weighted by molar-refractivity contribution is -0.121. The van der Waals surface area contributed by atoms with Crippen molar-refractivity contribution >= 4 is 17.6 Å². The van der Waals surface area contributed by atoms with Crippen LogP contribution in [0.1, 0.15) is 16.8 Å². The van der Waals surface area contributed by atoms with Gasteiger partial charge in [-0.25, -0.2) is 13.6 Å². The number of hydrogen-bond donors (Lipinski definition) is 0. The van der Waals surface area contributed by atoms with Gasteiger partial charge in [-0.2, -0.15) is 5.26 Å². The maximum Gasteiger partial charge on any atom is 0.341 e. The minimum absolute atomic E-state index is 0.0319. The predicted octanol–water partition coefficient (Wildman–Crippen LogP) is 3.08. The number of methoxy groups -OCH3 is 1. The van der Waals surface area contributed by atoms with Gasteiger partial charge in [0, 0.05) is 18.3 Å². The topological polar surface area (TPSA) is 79.6 Å². The van der Waals surface area contributed by atoms with Crippen LogP contribution < -0.4 is 9.64 Å². The summed E-state index contributed by atoms with van der Waals surface area (Å²) in [5, 5.41) is 8.74. The van der Waals surface area contributed by atoms with E-state index in [1.165, 1.54) is 48.4 Å². The number of halogens is 2. The number of anilines is 1. The van der Waals surface area contributed by atoms with Crippen LogP contribution in [0.4, 0.5) is 14.5 Å². The van der Waals surface area contributed by atoms with E-state index in [1.807, 2.05) is 6.07 Å². The summed E-state index contributed by atoms with van der Waals surface area (Å²) in [4.78, 5) is 25.6. The molecule has 1 amide bonds. The summed E-state index contributed by atoms with van der Waals surface area (Å²) < 4.78 is 36.7. The highest BCUT2D eigenvalue weighted by Crippen LogP contribution is 2.18. The molecule has 8 heteroatoms. The van der Waals surface area contributed by atoms with Crippen LogP contribution in [0, 0.1) is 23.0 Å². The number of carbonyl (C=O) groups excluding carboxylic acids is 2. The number of benzene rings is 2. The number of nitriles is 1. The Balaban J connectivity index is 2.07. The highest BCUT2D eigenvalue weighted by molar-refractivity contribution is 5.97. The Labute approximate surface area is 154 Å². The first-order valence-corrected chi connectivity index (χ1v) is 7.89. The van der Waals surface area contributed by atoms with Crippen LogP contribution >= 0.6 is 0 Å². The fourth-order valence-electron chi connectivity index (χ4n) is 2.25. The highest BCUT2D eigenvalue weighted by atomic mass is 19.1. The van der Waals surface area contributed by atoms with Gasteiger partial charge in [-0.1, -0.05) is 0 Å². The fourth-order valence-corrected chi connectivity index (χ4v) is 2.25. The Kier molecular flexibility index (Phi) is 6.83. The number of nitrogens with zero attached hydrogens (tertiary/aromatic N) is 2. The van der Waals surface area contributed by atoms with Crippen molar-refractivity contribution in [3.8, 4) is 11.8 Å². The van der Waals surface area contributed by atoms with E-state index in [0.717, 1.165) is 6.07 Å². The monoisotopic (exact) mass is 374 g/mol. The second-order valence-electron chi connectivity index (χ2n) is 5.35. The fraction of sp³-hybridized carbons (Fsp3) is 0.211. The number of esters is 1. The first-order valence-electron chi connectivity index (χ1n) is 7.89. The second-order valence-corrected chi connectivity index (χ2v) is 5.35. The molecule has 0 N–H and O–H groups in total. The van der Waals surface area contributed by atoms with E-state index < -0.39 is 30.1 Å². The molecule has 0 aromatic heterocycles. The second kappa shape index (κ2) is 9.29. The molecule has 0 spiro atoms. The molecule has 0 fully saturated rings. The molecule has 0 saturated carbocycles. The van der Waals surface area contributed by atoms with Crippen LogP contribution in [-0.4, -0.2) is 32.1 Å². The number of ether oxygens (including phenoxy) is 2. The average Bonchev–Trinajstić information content (AvgIpc) is 2.67. The molecule has 140 valence electrons. The molecule has 0 aliphatic rings. The number of hydrogen-bond acceptors (Lipinski definition) is 5. The Bertz CT molecular complexity index is 863. The zero-order valence-electron chi connectivity index (χ0n) is 14.4. The molecule has 0 saturated heterocycles. The van der Waals surface area contributed by atoms with E-state index in [9.17, 15) is 18.4 Å². The van der Waals surface area contributed by atoms with Gasteiger partial charge in [0.05, 0.1) is 25.2 Å². The van der Waals surface area contributed by atoms with E-state index in [-0.39, 0.29) is 24.3 Å². The van der Waals surface area contributed by atoms with Crippen LogP contribution in [0.5, 0.6) is 5.75 Å². The summed E-state index contributed by atoms with van der Waals surface area (Å²) >= 11 is 0. The van der Waals surface area contributed by atoms with Crippen molar-refractivity contribution < 1.29 is 27.8 Å². The SMILES string of the molecule is COc1ccc(C(=O)OCC(=O)N(CCC#N)c2ccc(F)cc2)c(F)c1. The molecule has 0 radical (unpaired) electrons. The summed E-state index contributed by atoms with van der Waals surface area (Å²) in [5.41, 5.74) is 0.0114. The predicted molar refractivity (Wildman–Crippen MR) is 92.2 cm³/mol. The van der Waals surface area contributed by atoms with Crippen LogP contribution in [0.3, 0.4) is 0 Å². The third-order valence-electron chi connectivity index (χ3n) is 3.61. The van der Waals surface area contributed by atoms with Gasteiger partial charge in [-0.3, -0.25) is 4.79 Å². The molecule has 2 rings (SSSR count). The molecule has 0 heterocycles. The van der Waals surface area contributed by atoms with E-state index in [2.05, 4.69) is 0 Å². The third-order valence-corrected chi connectivity index (χ3v) is 3.61. The Morgan fingerprint density at radius 2 is 1.85 bits per heavy atom. The summed E-state index contributed by atoms with van der Waals surface area (Å²) in [6.45, 7) is -0.622. The normalized spacial score (nSPS) is 10.0. The van der Waals surface area contributed by atoms with Crippen LogP contribution in [0.15, 0.2) is 42.5 Å². The van der Waals surface area contributed by atoms with Gasteiger partial charge in [0.2, 0.25) is 0 Å². The maximum absolute atomic E-state index is 13.9. The lowest BCUT2D eigenvalue weighted by Gasteiger charge is -2.21. The van der Waals surface area contributed by atoms with Gasteiger partial charge in [0.25, 0.3) is 5.91 Å². The number of amides is 1. The minimum Gasteiger partial charge on any atom is -0.497 e. The summed E-state index contributed by atoms with van der Waals surface area (Å²) in [6, 6.07) is 10.6. The Morgan fingerprint density at radius 3 is 2.44 bits per heavy atom. The summed E-state index contributed by atoms with van der Waals surface area (Å²) in [6.07, 6.45) is 0.0319. The molecule has 6 nitrogen and oxygen atoms in total. The third kappa shape index (κ3) is 5.25. The minimum atomic E-state index is -1.01. The van der Waals surface area contributed by atoms with E-state index >= 15 is 0 Å². The number of rotatable bonds is 7. The smallest absolute Gasteiger partial charge is 0.341 e. The zero-order chi connectivity index (χ0) is 19.8. The Hall–Kier alpha value is -3.47. The van der Waals surface area contributed by atoms with Crippen LogP contribution in [0.2, 0.25) is 0 Å². The highest BCUT2D eigenvalue weighted by Gasteiger charge is 2.20. The van der Waals surface area contributed by atoms with E-state index in [1.54, 1.807) is 0 Å². The average molecular weight is 374 g/mol. The lowest BCUT2D eigenvalue weighted by Crippen LogP contribution is -2.35. The molecule has 0 atom stereocenters.